The van der Waals surface area contributed by atoms with Gasteiger partial charge in [0, 0.05) is 12.0 Å². The summed E-state index contributed by atoms with van der Waals surface area (Å²) in [6.07, 6.45) is 6.09. The zero-order chi connectivity index (χ0) is 13.9. The molecule has 106 valence electrons. The second-order valence-corrected chi connectivity index (χ2v) is 5.42. The summed E-state index contributed by atoms with van der Waals surface area (Å²) >= 11 is 0. The predicted molar refractivity (Wildman–Crippen MR) is 78.6 cm³/mol. The van der Waals surface area contributed by atoms with Crippen LogP contribution in [0, 0.1) is 5.92 Å². The zero-order valence-electron chi connectivity index (χ0n) is 11.8. The fraction of sp³-hybridized carbons (Fsp3) is 0.438. The number of rotatable bonds is 4. The Balaban J connectivity index is 1.97. The first kappa shape index (κ1) is 13.0. The van der Waals surface area contributed by atoms with Gasteiger partial charge in [-0.05, 0) is 12.0 Å². The number of para-hydroxylation sites is 1. The molecule has 2 N–H and O–H groups in total. The van der Waals surface area contributed by atoms with Crippen LogP contribution in [-0.2, 0) is 6.42 Å². The lowest BCUT2D eigenvalue weighted by Gasteiger charge is -2.10. The zero-order valence-corrected chi connectivity index (χ0v) is 11.8. The number of aromatic nitrogens is 1. The molecule has 0 saturated heterocycles. The average Bonchev–Trinajstić information content (AvgIpc) is 3.10. The SMILES string of the molecule is COc1ccccc1-c1c(N)noc1CC1CCCC1. The molecule has 0 amide bonds. The molecule has 1 aliphatic carbocycles. The van der Waals surface area contributed by atoms with Crippen molar-refractivity contribution in [1.29, 1.82) is 0 Å². The predicted octanol–water partition coefficient (Wildman–Crippen LogP) is 3.67. The monoisotopic (exact) mass is 272 g/mol. The van der Waals surface area contributed by atoms with E-state index >= 15 is 0 Å². The highest BCUT2D eigenvalue weighted by atomic mass is 16.5. The van der Waals surface area contributed by atoms with Gasteiger partial charge in [-0.2, -0.15) is 0 Å². The number of nitrogens with two attached hydrogens (primary N) is 1. The molecule has 4 nitrogen and oxygen atoms in total. The summed E-state index contributed by atoms with van der Waals surface area (Å²) in [6.45, 7) is 0. The minimum atomic E-state index is 0.447. The fourth-order valence-corrected chi connectivity index (χ4v) is 3.09. The minimum absolute atomic E-state index is 0.447. The van der Waals surface area contributed by atoms with Gasteiger partial charge in [-0.1, -0.05) is 49.0 Å². The Morgan fingerprint density at radius 2 is 2.05 bits per heavy atom. The normalized spacial score (nSPS) is 15.7. The van der Waals surface area contributed by atoms with Crippen molar-refractivity contribution in [2.75, 3.05) is 12.8 Å². The molecule has 0 unspecified atom stereocenters. The van der Waals surface area contributed by atoms with Crippen molar-refractivity contribution in [2.45, 2.75) is 32.1 Å². The van der Waals surface area contributed by atoms with Crippen molar-refractivity contribution in [3.8, 4) is 16.9 Å². The van der Waals surface area contributed by atoms with E-state index in [4.69, 9.17) is 15.0 Å². The van der Waals surface area contributed by atoms with Gasteiger partial charge in [0.25, 0.3) is 0 Å². The van der Waals surface area contributed by atoms with Crippen LogP contribution in [0.3, 0.4) is 0 Å². The maximum atomic E-state index is 6.01. The number of ether oxygens (including phenoxy) is 1. The van der Waals surface area contributed by atoms with Crippen LogP contribution in [0.1, 0.15) is 31.4 Å². The number of hydrogen-bond donors (Lipinski definition) is 1. The lowest BCUT2D eigenvalue weighted by molar-refractivity contribution is 0.362. The van der Waals surface area contributed by atoms with Gasteiger partial charge in [-0.3, -0.25) is 0 Å². The van der Waals surface area contributed by atoms with Crippen LogP contribution in [0.5, 0.6) is 5.75 Å². The summed E-state index contributed by atoms with van der Waals surface area (Å²) in [6, 6.07) is 7.85. The van der Waals surface area contributed by atoms with Crippen LogP contribution >= 0.6 is 0 Å². The van der Waals surface area contributed by atoms with E-state index in [2.05, 4.69) is 5.16 Å². The third-order valence-electron chi connectivity index (χ3n) is 4.11. The molecule has 1 aliphatic rings. The topological polar surface area (TPSA) is 61.3 Å². The van der Waals surface area contributed by atoms with Crippen LogP contribution in [0.15, 0.2) is 28.8 Å². The van der Waals surface area contributed by atoms with E-state index in [9.17, 15) is 0 Å². The Kier molecular flexibility index (Phi) is 3.63. The summed E-state index contributed by atoms with van der Waals surface area (Å²) < 4.78 is 10.9. The van der Waals surface area contributed by atoms with Crippen molar-refractivity contribution in [3.63, 3.8) is 0 Å². The molecule has 1 saturated carbocycles. The standard InChI is InChI=1S/C16H20N2O2/c1-19-13-9-5-4-8-12(13)15-14(20-18-16(15)17)10-11-6-2-3-7-11/h4-5,8-9,11H,2-3,6-7,10H2,1H3,(H2,17,18). The average molecular weight is 272 g/mol. The lowest BCUT2D eigenvalue weighted by atomic mass is 9.96. The van der Waals surface area contributed by atoms with Crippen LogP contribution < -0.4 is 10.5 Å². The minimum Gasteiger partial charge on any atom is -0.496 e. The van der Waals surface area contributed by atoms with Gasteiger partial charge in [0.2, 0.25) is 0 Å². The van der Waals surface area contributed by atoms with Crippen LogP contribution in [0.4, 0.5) is 5.82 Å². The number of hydrogen-bond acceptors (Lipinski definition) is 4. The molecular weight excluding hydrogens is 252 g/mol. The molecule has 0 atom stereocenters. The molecule has 1 heterocycles. The second-order valence-electron chi connectivity index (χ2n) is 5.42. The highest BCUT2D eigenvalue weighted by Crippen LogP contribution is 2.38. The highest BCUT2D eigenvalue weighted by molar-refractivity contribution is 5.80. The highest BCUT2D eigenvalue weighted by Gasteiger charge is 2.23. The Morgan fingerprint density at radius 1 is 1.30 bits per heavy atom. The quantitative estimate of drug-likeness (QED) is 0.922. The maximum Gasteiger partial charge on any atom is 0.175 e. The molecule has 4 heteroatoms. The largest absolute Gasteiger partial charge is 0.496 e. The summed E-state index contributed by atoms with van der Waals surface area (Å²) in [4.78, 5) is 0. The molecule has 0 bridgehead atoms. The van der Waals surface area contributed by atoms with E-state index in [1.54, 1.807) is 7.11 Å². The van der Waals surface area contributed by atoms with Crippen molar-refractivity contribution >= 4 is 5.82 Å². The molecule has 3 rings (SSSR count). The fourth-order valence-electron chi connectivity index (χ4n) is 3.09. The van der Waals surface area contributed by atoms with Crippen molar-refractivity contribution in [1.82, 2.24) is 5.16 Å². The van der Waals surface area contributed by atoms with Gasteiger partial charge >= 0.3 is 0 Å². The van der Waals surface area contributed by atoms with E-state index in [1.165, 1.54) is 25.7 Å². The first-order valence-corrected chi connectivity index (χ1v) is 7.17. The van der Waals surface area contributed by atoms with E-state index in [1.807, 2.05) is 24.3 Å². The Labute approximate surface area is 118 Å². The molecule has 1 aromatic heterocycles. The molecule has 1 aromatic carbocycles. The molecule has 0 radical (unpaired) electrons. The van der Waals surface area contributed by atoms with Gasteiger partial charge < -0.3 is 15.0 Å². The molecule has 1 fully saturated rings. The van der Waals surface area contributed by atoms with E-state index < -0.39 is 0 Å². The van der Waals surface area contributed by atoms with E-state index in [-0.39, 0.29) is 0 Å². The van der Waals surface area contributed by atoms with Crippen molar-refractivity contribution < 1.29 is 9.26 Å². The van der Waals surface area contributed by atoms with Crippen LogP contribution in [0.25, 0.3) is 11.1 Å². The Morgan fingerprint density at radius 3 is 2.80 bits per heavy atom. The van der Waals surface area contributed by atoms with Gasteiger partial charge in [-0.15, -0.1) is 0 Å². The maximum absolute atomic E-state index is 6.01. The third kappa shape index (κ3) is 2.38. The molecule has 20 heavy (non-hydrogen) atoms. The lowest BCUT2D eigenvalue weighted by Crippen LogP contribution is -2.00. The number of methoxy groups -OCH3 is 1. The van der Waals surface area contributed by atoms with Gasteiger partial charge in [0.1, 0.15) is 11.5 Å². The number of nitrogen functional groups attached to an aromatic ring is 1. The second kappa shape index (κ2) is 5.57. The van der Waals surface area contributed by atoms with Crippen molar-refractivity contribution in [3.05, 3.63) is 30.0 Å². The first-order chi connectivity index (χ1) is 9.79. The summed E-state index contributed by atoms with van der Waals surface area (Å²) in [7, 11) is 1.67. The summed E-state index contributed by atoms with van der Waals surface area (Å²) in [5.41, 5.74) is 7.87. The Hall–Kier alpha value is -1.97. The van der Waals surface area contributed by atoms with Gasteiger partial charge in [-0.25, -0.2) is 0 Å². The summed E-state index contributed by atoms with van der Waals surface area (Å²) in [5.74, 6) is 2.83. The van der Waals surface area contributed by atoms with E-state index in [0.717, 1.165) is 29.1 Å². The first-order valence-electron chi connectivity index (χ1n) is 7.17. The number of anilines is 1. The molecule has 0 spiro atoms. The molecule has 2 aromatic rings. The summed E-state index contributed by atoms with van der Waals surface area (Å²) in [5, 5.41) is 3.96. The van der Waals surface area contributed by atoms with Crippen LogP contribution in [0.2, 0.25) is 0 Å². The smallest absolute Gasteiger partial charge is 0.175 e. The van der Waals surface area contributed by atoms with Gasteiger partial charge in [0.05, 0.1) is 12.7 Å². The third-order valence-corrected chi connectivity index (χ3v) is 4.11. The molecular formula is C16H20N2O2. The number of benzene rings is 1. The Bertz CT molecular complexity index is 586. The van der Waals surface area contributed by atoms with Gasteiger partial charge in [0.15, 0.2) is 5.82 Å². The number of nitrogens with zero attached hydrogens (tertiary/aromatic N) is 1. The molecule has 0 aliphatic heterocycles. The van der Waals surface area contributed by atoms with Crippen LogP contribution in [-0.4, -0.2) is 12.3 Å². The van der Waals surface area contributed by atoms with E-state index in [0.29, 0.717) is 11.7 Å². The van der Waals surface area contributed by atoms with Crippen molar-refractivity contribution in [2.24, 2.45) is 5.92 Å².